The highest BCUT2D eigenvalue weighted by Crippen LogP contribution is 2.16. The van der Waals surface area contributed by atoms with Gasteiger partial charge < -0.3 is 10.6 Å². The van der Waals surface area contributed by atoms with E-state index in [1.807, 2.05) is 12.3 Å². The molecular formula is C16H22N6O4S2. The lowest BCUT2D eigenvalue weighted by molar-refractivity contribution is -0.385. The number of nitrogens with one attached hydrogen (secondary N) is 3. The topological polar surface area (TPSA) is 139 Å². The lowest BCUT2D eigenvalue weighted by atomic mass is 10.3. The molecule has 0 saturated heterocycles. The molecule has 2 aromatic rings. The van der Waals surface area contributed by atoms with Gasteiger partial charge in [0.25, 0.3) is 5.69 Å². The number of aryl methyl sites for hydroxylation is 1. The molecule has 1 aromatic heterocycles. The van der Waals surface area contributed by atoms with Gasteiger partial charge in [-0.2, -0.15) is 0 Å². The van der Waals surface area contributed by atoms with Crippen molar-refractivity contribution in [1.29, 1.82) is 0 Å². The number of aliphatic imine (C=N–C) groups is 1. The zero-order valence-electron chi connectivity index (χ0n) is 15.5. The van der Waals surface area contributed by atoms with Crippen molar-refractivity contribution >= 4 is 33.0 Å². The lowest BCUT2D eigenvalue weighted by Gasteiger charge is -2.12. The van der Waals surface area contributed by atoms with Crippen LogP contribution in [0.25, 0.3) is 0 Å². The maximum Gasteiger partial charge on any atom is 0.270 e. The monoisotopic (exact) mass is 426 g/mol. The smallest absolute Gasteiger partial charge is 0.270 e. The highest BCUT2D eigenvalue weighted by Gasteiger charge is 2.17. The fourth-order valence-electron chi connectivity index (χ4n) is 2.27. The summed E-state index contributed by atoms with van der Waals surface area (Å²) >= 11 is 1.60. The zero-order valence-corrected chi connectivity index (χ0v) is 17.1. The SMILES string of the molecule is CN=C(NCCNS(=O)(=O)c1cccc([N+](=O)[O-])c1)NCCc1csc(C)n1. The van der Waals surface area contributed by atoms with Crippen molar-refractivity contribution in [2.45, 2.75) is 18.2 Å². The van der Waals surface area contributed by atoms with Crippen LogP contribution in [0.1, 0.15) is 10.7 Å². The molecule has 0 spiro atoms. The average molecular weight is 427 g/mol. The third kappa shape index (κ3) is 6.55. The van der Waals surface area contributed by atoms with E-state index in [1.54, 1.807) is 18.4 Å². The Morgan fingerprint density at radius 3 is 2.68 bits per heavy atom. The molecule has 28 heavy (non-hydrogen) atoms. The Kier molecular flexibility index (Phi) is 7.84. The first-order valence-corrected chi connectivity index (χ1v) is 10.8. The Hall–Kier alpha value is -2.57. The first-order valence-electron chi connectivity index (χ1n) is 8.41. The molecule has 0 fully saturated rings. The van der Waals surface area contributed by atoms with Crippen molar-refractivity contribution in [1.82, 2.24) is 20.3 Å². The second kappa shape index (κ2) is 10.1. The van der Waals surface area contributed by atoms with E-state index in [1.165, 1.54) is 18.2 Å². The van der Waals surface area contributed by atoms with Gasteiger partial charge in [-0.1, -0.05) is 6.07 Å². The molecule has 3 N–H and O–H groups in total. The Balaban J connectivity index is 1.76. The molecule has 2 rings (SSSR count). The number of nitro groups is 1. The summed E-state index contributed by atoms with van der Waals surface area (Å²) in [5.74, 6) is 0.543. The minimum atomic E-state index is -3.83. The molecule has 1 heterocycles. The second-order valence-corrected chi connectivity index (χ2v) is 8.52. The van der Waals surface area contributed by atoms with Crippen LogP contribution in [0.2, 0.25) is 0 Å². The first kappa shape index (κ1) is 21.7. The Labute approximate surface area is 167 Å². The summed E-state index contributed by atoms with van der Waals surface area (Å²) in [7, 11) is -2.21. The van der Waals surface area contributed by atoms with Crippen molar-refractivity contribution in [3.63, 3.8) is 0 Å². The van der Waals surface area contributed by atoms with Gasteiger partial charge in [-0.05, 0) is 13.0 Å². The summed E-state index contributed by atoms with van der Waals surface area (Å²) in [6, 6.07) is 4.91. The summed E-state index contributed by atoms with van der Waals surface area (Å²) in [6.07, 6.45) is 0.754. The molecule has 152 valence electrons. The molecule has 1 aromatic carbocycles. The van der Waals surface area contributed by atoms with Gasteiger partial charge in [-0.25, -0.2) is 18.1 Å². The molecule has 0 atom stereocenters. The lowest BCUT2D eigenvalue weighted by Crippen LogP contribution is -2.42. The van der Waals surface area contributed by atoms with Crippen molar-refractivity contribution in [3.8, 4) is 0 Å². The van der Waals surface area contributed by atoms with E-state index in [0.717, 1.165) is 23.2 Å². The van der Waals surface area contributed by atoms with Crippen LogP contribution in [0.3, 0.4) is 0 Å². The average Bonchev–Trinajstić information content (AvgIpc) is 3.08. The van der Waals surface area contributed by atoms with Crippen LogP contribution in [0, 0.1) is 17.0 Å². The largest absolute Gasteiger partial charge is 0.356 e. The zero-order chi connectivity index (χ0) is 20.6. The molecular weight excluding hydrogens is 404 g/mol. The molecule has 0 amide bonds. The fourth-order valence-corrected chi connectivity index (χ4v) is 3.98. The standard InChI is InChI=1S/C16H22N6O4S2/c1-12-21-13(11-27-12)6-7-18-16(17-2)19-8-9-20-28(25,26)15-5-3-4-14(10-15)22(23)24/h3-5,10-11,20H,6-9H2,1-2H3,(H2,17,18,19). The van der Waals surface area contributed by atoms with E-state index >= 15 is 0 Å². The van der Waals surface area contributed by atoms with E-state index < -0.39 is 14.9 Å². The van der Waals surface area contributed by atoms with Crippen LogP contribution < -0.4 is 15.4 Å². The van der Waals surface area contributed by atoms with E-state index in [-0.39, 0.29) is 17.1 Å². The van der Waals surface area contributed by atoms with Crippen LogP contribution in [-0.2, 0) is 16.4 Å². The number of hydrogen-bond acceptors (Lipinski definition) is 7. The van der Waals surface area contributed by atoms with E-state index in [0.29, 0.717) is 19.0 Å². The van der Waals surface area contributed by atoms with Crippen molar-refractivity contribution in [2.75, 3.05) is 26.7 Å². The highest BCUT2D eigenvalue weighted by molar-refractivity contribution is 7.89. The van der Waals surface area contributed by atoms with Gasteiger partial charge in [0.15, 0.2) is 5.96 Å². The number of non-ortho nitro benzene ring substituents is 1. The Morgan fingerprint density at radius 1 is 1.29 bits per heavy atom. The predicted octanol–water partition coefficient (Wildman–Crippen LogP) is 1.05. The van der Waals surface area contributed by atoms with Crippen molar-refractivity contribution < 1.29 is 13.3 Å². The number of nitrogens with zero attached hydrogens (tertiary/aromatic N) is 3. The van der Waals surface area contributed by atoms with E-state index in [9.17, 15) is 18.5 Å². The molecule has 0 aliphatic heterocycles. The number of benzene rings is 1. The third-order valence-corrected chi connectivity index (χ3v) is 5.89. The normalized spacial score (nSPS) is 12.0. The van der Waals surface area contributed by atoms with E-state index in [4.69, 9.17) is 0 Å². The minimum absolute atomic E-state index is 0.0943. The first-order chi connectivity index (χ1) is 13.3. The van der Waals surface area contributed by atoms with Gasteiger partial charge in [-0.15, -0.1) is 11.3 Å². The summed E-state index contributed by atoms with van der Waals surface area (Å²) in [6.45, 7) is 2.99. The Morgan fingerprint density at radius 2 is 2.04 bits per heavy atom. The molecule has 0 bridgehead atoms. The number of aromatic nitrogens is 1. The molecule has 0 radical (unpaired) electrons. The minimum Gasteiger partial charge on any atom is -0.356 e. The van der Waals surface area contributed by atoms with Gasteiger partial charge in [0.2, 0.25) is 10.0 Å². The molecule has 10 nitrogen and oxygen atoms in total. The molecule has 0 saturated carbocycles. The number of thiazole rings is 1. The summed E-state index contributed by atoms with van der Waals surface area (Å²) < 4.78 is 26.9. The van der Waals surface area contributed by atoms with Crippen LogP contribution in [0.4, 0.5) is 5.69 Å². The number of nitro benzene ring substituents is 1. The molecule has 0 unspecified atom stereocenters. The van der Waals surface area contributed by atoms with Gasteiger partial charge in [0, 0.05) is 50.6 Å². The fraction of sp³-hybridized carbons (Fsp3) is 0.375. The molecule has 12 heteroatoms. The van der Waals surface area contributed by atoms with Crippen LogP contribution >= 0.6 is 11.3 Å². The number of sulfonamides is 1. The predicted molar refractivity (Wildman–Crippen MR) is 108 cm³/mol. The Bertz CT molecular complexity index is 942. The molecule has 0 aliphatic carbocycles. The highest BCUT2D eigenvalue weighted by atomic mass is 32.2. The van der Waals surface area contributed by atoms with Gasteiger partial charge in [-0.3, -0.25) is 15.1 Å². The molecule has 0 aliphatic rings. The second-order valence-electron chi connectivity index (χ2n) is 5.69. The maximum atomic E-state index is 12.2. The van der Waals surface area contributed by atoms with Gasteiger partial charge >= 0.3 is 0 Å². The van der Waals surface area contributed by atoms with Gasteiger partial charge in [0.05, 0.1) is 20.5 Å². The van der Waals surface area contributed by atoms with Crippen molar-refractivity contribution in [2.24, 2.45) is 4.99 Å². The van der Waals surface area contributed by atoms with Crippen LogP contribution in [-0.4, -0.2) is 51.0 Å². The summed E-state index contributed by atoms with van der Waals surface area (Å²) in [5, 5.41) is 19.9. The summed E-state index contributed by atoms with van der Waals surface area (Å²) in [4.78, 5) is 18.5. The maximum absolute atomic E-state index is 12.2. The van der Waals surface area contributed by atoms with E-state index in [2.05, 4.69) is 25.3 Å². The van der Waals surface area contributed by atoms with Crippen LogP contribution in [0.15, 0.2) is 39.5 Å². The van der Waals surface area contributed by atoms with Crippen LogP contribution in [0.5, 0.6) is 0 Å². The van der Waals surface area contributed by atoms with Crippen molar-refractivity contribution in [3.05, 3.63) is 50.5 Å². The quantitative estimate of drug-likeness (QED) is 0.179. The summed E-state index contributed by atoms with van der Waals surface area (Å²) in [5.41, 5.74) is 0.732. The number of hydrogen-bond donors (Lipinski definition) is 3. The third-order valence-electron chi connectivity index (χ3n) is 3.61. The number of rotatable bonds is 9. The van der Waals surface area contributed by atoms with Gasteiger partial charge in [0.1, 0.15) is 0 Å². The number of guanidine groups is 1.